The van der Waals surface area contributed by atoms with Crippen molar-refractivity contribution in [1.29, 1.82) is 0 Å². The molecule has 0 aliphatic carbocycles. The number of benzene rings is 3. The maximum absolute atomic E-state index is 13.0. The van der Waals surface area contributed by atoms with Crippen molar-refractivity contribution < 1.29 is 9.59 Å². The van der Waals surface area contributed by atoms with Crippen LogP contribution in [0.2, 0.25) is 0 Å². The van der Waals surface area contributed by atoms with Crippen LogP contribution in [0, 0.1) is 0 Å². The van der Waals surface area contributed by atoms with E-state index >= 15 is 0 Å². The molecule has 2 amide bonds. The largest absolute Gasteiger partial charge is 0.346 e. The molecule has 0 atom stereocenters. The number of nitrogens with zero attached hydrogens (tertiary/aromatic N) is 1. The number of rotatable bonds is 7. The van der Waals surface area contributed by atoms with Crippen molar-refractivity contribution in [3.8, 4) is 0 Å². The molecular formula is C28H31N3O2. The average Bonchev–Trinajstić information content (AvgIpc) is 2.82. The molecule has 0 unspecified atom stereocenters. The van der Waals surface area contributed by atoms with Crippen molar-refractivity contribution in [3.63, 3.8) is 0 Å². The van der Waals surface area contributed by atoms with Crippen LogP contribution in [0.4, 0.5) is 0 Å². The van der Waals surface area contributed by atoms with Gasteiger partial charge in [0.2, 0.25) is 5.91 Å². The first kappa shape index (κ1) is 23.9. The highest BCUT2D eigenvalue weighted by molar-refractivity contribution is 5.99. The van der Waals surface area contributed by atoms with Crippen molar-refractivity contribution >= 4 is 17.5 Å². The second kappa shape index (κ2) is 10.7. The molecule has 170 valence electrons. The molecule has 0 saturated heterocycles. The van der Waals surface area contributed by atoms with Crippen LogP contribution >= 0.6 is 0 Å². The number of carbonyl (C=O) groups is 2. The Morgan fingerprint density at radius 3 is 1.82 bits per heavy atom. The van der Waals surface area contributed by atoms with E-state index in [2.05, 4.69) is 48.7 Å². The second-order valence-corrected chi connectivity index (χ2v) is 9.03. The zero-order valence-electron chi connectivity index (χ0n) is 19.6. The highest BCUT2D eigenvalue weighted by atomic mass is 16.2. The van der Waals surface area contributed by atoms with Gasteiger partial charge in [0, 0.05) is 0 Å². The van der Waals surface area contributed by atoms with Gasteiger partial charge in [-0.2, -0.15) is 5.10 Å². The fraction of sp³-hybridized carbons (Fsp3) is 0.250. The third-order valence-corrected chi connectivity index (χ3v) is 5.47. The summed E-state index contributed by atoms with van der Waals surface area (Å²) in [4.78, 5) is 25.3. The van der Waals surface area contributed by atoms with Gasteiger partial charge in [0.05, 0.1) is 18.2 Å². The van der Waals surface area contributed by atoms with Crippen molar-refractivity contribution in [2.75, 3.05) is 6.54 Å². The van der Waals surface area contributed by atoms with Gasteiger partial charge in [-0.15, -0.1) is 0 Å². The SMILES string of the molecule is C/C(=N\NC(=O)CNC(=O)C(c1ccccc1)c1ccccc1)c1ccc(C(C)(C)C)cc1. The Balaban J connectivity index is 1.61. The van der Waals surface area contributed by atoms with Crippen LogP contribution in [-0.2, 0) is 15.0 Å². The van der Waals surface area contributed by atoms with Crippen molar-refractivity contribution in [1.82, 2.24) is 10.7 Å². The predicted octanol–water partition coefficient (Wildman–Crippen LogP) is 4.77. The van der Waals surface area contributed by atoms with Gasteiger partial charge in [0.1, 0.15) is 0 Å². The maximum Gasteiger partial charge on any atom is 0.259 e. The van der Waals surface area contributed by atoms with Crippen molar-refractivity contribution in [2.45, 2.75) is 39.0 Å². The first-order valence-corrected chi connectivity index (χ1v) is 11.1. The fourth-order valence-corrected chi connectivity index (χ4v) is 3.52. The summed E-state index contributed by atoms with van der Waals surface area (Å²) < 4.78 is 0. The van der Waals surface area contributed by atoms with Crippen LogP contribution in [0.1, 0.15) is 55.9 Å². The van der Waals surface area contributed by atoms with Crippen LogP contribution in [-0.4, -0.2) is 24.1 Å². The first-order chi connectivity index (χ1) is 15.8. The number of nitrogens with one attached hydrogen (secondary N) is 2. The molecule has 0 radical (unpaired) electrons. The molecule has 2 N–H and O–H groups in total. The van der Waals surface area contributed by atoms with Crippen LogP contribution in [0.25, 0.3) is 0 Å². The Morgan fingerprint density at radius 1 is 0.818 bits per heavy atom. The summed E-state index contributed by atoms with van der Waals surface area (Å²) in [7, 11) is 0. The van der Waals surface area contributed by atoms with Gasteiger partial charge in [-0.05, 0) is 34.6 Å². The fourth-order valence-electron chi connectivity index (χ4n) is 3.52. The standard InChI is InChI=1S/C28H31N3O2/c1-20(21-15-17-24(18-16-21)28(2,3)4)30-31-25(32)19-29-27(33)26(22-11-7-5-8-12-22)23-13-9-6-10-14-23/h5-18,26H,19H2,1-4H3,(H,29,33)(H,31,32)/b30-20+. The number of hydrogen-bond acceptors (Lipinski definition) is 3. The van der Waals surface area contributed by atoms with E-state index in [-0.39, 0.29) is 23.8 Å². The molecule has 0 heterocycles. The lowest BCUT2D eigenvalue weighted by molar-refractivity contribution is -0.126. The molecule has 0 fully saturated rings. The monoisotopic (exact) mass is 441 g/mol. The number of hydrazone groups is 1. The highest BCUT2D eigenvalue weighted by Crippen LogP contribution is 2.25. The first-order valence-electron chi connectivity index (χ1n) is 11.1. The molecule has 33 heavy (non-hydrogen) atoms. The molecule has 5 nitrogen and oxygen atoms in total. The maximum atomic E-state index is 13.0. The summed E-state index contributed by atoms with van der Waals surface area (Å²) >= 11 is 0. The van der Waals surface area contributed by atoms with E-state index in [1.54, 1.807) is 0 Å². The van der Waals surface area contributed by atoms with E-state index in [9.17, 15) is 9.59 Å². The molecule has 0 aliphatic heterocycles. The Labute approximate surface area is 195 Å². The molecule has 3 aromatic rings. The summed E-state index contributed by atoms with van der Waals surface area (Å²) in [5, 5.41) is 6.94. The van der Waals surface area contributed by atoms with Gasteiger partial charge in [0.15, 0.2) is 0 Å². The predicted molar refractivity (Wildman–Crippen MR) is 133 cm³/mol. The van der Waals surface area contributed by atoms with E-state index in [1.807, 2.05) is 79.7 Å². The summed E-state index contributed by atoms with van der Waals surface area (Å²) in [5.74, 6) is -1.11. The lowest BCUT2D eigenvalue weighted by atomic mass is 9.86. The zero-order chi connectivity index (χ0) is 23.8. The third-order valence-electron chi connectivity index (χ3n) is 5.47. The summed E-state index contributed by atoms with van der Waals surface area (Å²) in [6, 6.07) is 27.2. The average molecular weight is 442 g/mol. The van der Waals surface area contributed by atoms with Gasteiger partial charge in [-0.25, -0.2) is 5.43 Å². The van der Waals surface area contributed by atoms with Gasteiger partial charge < -0.3 is 5.32 Å². The minimum absolute atomic E-state index is 0.0767. The quantitative estimate of drug-likeness (QED) is 0.409. The van der Waals surface area contributed by atoms with E-state index in [1.165, 1.54) is 5.56 Å². The summed E-state index contributed by atoms with van der Waals surface area (Å²) in [5.41, 5.74) is 7.21. The third kappa shape index (κ3) is 6.62. The molecule has 3 aromatic carbocycles. The molecule has 0 spiro atoms. The van der Waals surface area contributed by atoms with E-state index < -0.39 is 5.92 Å². The lowest BCUT2D eigenvalue weighted by Crippen LogP contribution is -2.38. The van der Waals surface area contributed by atoms with E-state index in [0.717, 1.165) is 16.7 Å². The van der Waals surface area contributed by atoms with Crippen LogP contribution < -0.4 is 10.7 Å². The van der Waals surface area contributed by atoms with Crippen LogP contribution in [0.15, 0.2) is 90.0 Å². The Kier molecular flexibility index (Phi) is 7.78. The Hall–Kier alpha value is -3.73. The number of hydrogen-bond donors (Lipinski definition) is 2. The molecule has 0 bridgehead atoms. The van der Waals surface area contributed by atoms with Crippen molar-refractivity contribution in [3.05, 3.63) is 107 Å². The Bertz CT molecular complexity index is 1060. The molecule has 0 saturated carbocycles. The number of amides is 2. The van der Waals surface area contributed by atoms with Crippen molar-refractivity contribution in [2.24, 2.45) is 5.10 Å². The molecular weight excluding hydrogens is 410 g/mol. The minimum atomic E-state index is -0.494. The van der Waals surface area contributed by atoms with E-state index in [0.29, 0.717) is 5.71 Å². The van der Waals surface area contributed by atoms with Gasteiger partial charge >= 0.3 is 0 Å². The summed E-state index contributed by atoms with van der Waals surface area (Å²) in [6.07, 6.45) is 0. The molecule has 0 aliphatic rings. The molecule has 3 rings (SSSR count). The van der Waals surface area contributed by atoms with Crippen LogP contribution in [0.3, 0.4) is 0 Å². The lowest BCUT2D eigenvalue weighted by Gasteiger charge is -2.19. The highest BCUT2D eigenvalue weighted by Gasteiger charge is 2.22. The smallest absolute Gasteiger partial charge is 0.259 e. The topological polar surface area (TPSA) is 70.6 Å². The van der Waals surface area contributed by atoms with Gasteiger partial charge in [-0.1, -0.05) is 106 Å². The van der Waals surface area contributed by atoms with Crippen LogP contribution in [0.5, 0.6) is 0 Å². The van der Waals surface area contributed by atoms with Gasteiger partial charge in [-0.3, -0.25) is 9.59 Å². The molecule has 5 heteroatoms. The zero-order valence-corrected chi connectivity index (χ0v) is 19.6. The van der Waals surface area contributed by atoms with E-state index in [4.69, 9.17) is 0 Å². The molecule has 0 aromatic heterocycles. The van der Waals surface area contributed by atoms with Gasteiger partial charge in [0.25, 0.3) is 5.91 Å². The minimum Gasteiger partial charge on any atom is -0.346 e. The normalized spacial score (nSPS) is 11.8. The Morgan fingerprint density at radius 2 is 1.33 bits per heavy atom. The summed E-state index contributed by atoms with van der Waals surface area (Å²) in [6.45, 7) is 8.17. The number of carbonyl (C=O) groups excluding carboxylic acids is 2. The second-order valence-electron chi connectivity index (χ2n) is 9.03.